The van der Waals surface area contributed by atoms with Crippen LogP contribution in [0.1, 0.15) is 11.1 Å². The molecule has 0 aliphatic carbocycles. The van der Waals surface area contributed by atoms with Gasteiger partial charge in [-0.15, -0.1) is 0 Å². The molecular formula is C11H8N4O3. The molecule has 7 heteroatoms. The molecule has 2 aromatic rings. The molecule has 0 unspecified atom stereocenters. The Labute approximate surface area is 102 Å². The van der Waals surface area contributed by atoms with Gasteiger partial charge in [0.1, 0.15) is 23.6 Å². The van der Waals surface area contributed by atoms with E-state index in [1.165, 1.54) is 12.3 Å². The molecule has 0 aromatic carbocycles. The van der Waals surface area contributed by atoms with Crippen LogP contribution in [-0.4, -0.2) is 9.91 Å². The zero-order valence-corrected chi connectivity index (χ0v) is 9.16. The summed E-state index contributed by atoms with van der Waals surface area (Å²) in [6.07, 6.45) is 4.20. The maximum atomic E-state index is 10.5. The molecule has 7 nitrogen and oxygen atoms in total. The summed E-state index contributed by atoms with van der Waals surface area (Å²) >= 11 is 0. The van der Waals surface area contributed by atoms with Crippen molar-refractivity contribution in [2.45, 2.75) is 6.54 Å². The molecule has 1 N–H and O–H groups in total. The van der Waals surface area contributed by atoms with Crippen molar-refractivity contribution in [1.82, 2.24) is 4.98 Å². The Balaban J connectivity index is 2.18. The van der Waals surface area contributed by atoms with Crippen molar-refractivity contribution in [2.24, 2.45) is 0 Å². The Morgan fingerprint density at radius 2 is 2.44 bits per heavy atom. The first kappa shape index (κ1) is 11.6. The second kappa shape index (κ2) is 4.97. The number of nitrogens with one attached hydrogen (secondary N) is 1. The molecule has 0 saturated heterocycles. The van der Waals surface area contributed by atoms with Crippen LogP contribution in [0.3, 0.4) is 0 Å². The Kier molecular flexibility index (Phi) is 3.20. The van der Waals surface area contributed by atoms with E-state index in [0.717, 1.165) is 11.8 Å². The van der Waals surface area contributed by atoms with Crippen LogP contribution in [0.25, 0.3) is 0 Å². The number of nitriles is 1. The third kappa shape index (κ3) is 2.44. The van der Waals surface area contributed by atoms with Crippen molar-refractivity contribution in [3.05, 3.63) is 52.1 Å². The van der Waals surface area contributed by atoms with Crippen molar-refractivity contribution in [1.29, 1.82) is 5.26 Å². The van der Waals surface area contributed by atoms with Crippen molar-refractivity contribution >= 4 is 11.5 Å². The minimum Gasteiger partial charge on any atom is -0.472 e. The molecule has 2 aromatic heterocycles. The summed E-state index contributed by atoms with van der Waals surface area (Å²) in [6, 6.07) is 4.82. The lowest BCUT2D eigenvalue weighted by Gasteiger charge is -2.05. The van der Waals surface area contributed by atoms with Gasteiger partial charge in [-0.3, -0.25) is 10.1 Å². The van der Waals surface area contributed by atoms with Crippen molar-refractivity contribution in [3.63, 3.8) is 0 Å². The molecule has 2 rings (SSSR count). The lowest BCUT2D eigenvalue weighted by molar-refractivity contribution is -0.385. The van der Waals surface area contributed by atoms with Crippen LogP contribution in [0.4, 0.5) is 11.5 Å². The molecule has 0 spiro atoms. The first-order valence-electron chi connectivity index (χ1n) is 5.00. The Bertz CT molecular complexity index is 601. The fraction of sp³-hybridized carbons (Fsp3) is 0.0909. The summed E-state index contributed by atoms with van der Waals surface area (Å²) in [4.78, 5) is 13.8. The van der Waals surface area contributed by atoms with Gasteiger partial charge in [0.2, 0.25) is 0 Å². The fourth-order valence-electron chi connectivity index (χ4n) is 1.36. The topological polar surface area (TPSA) is 105 Å². The zero-order chi connectivity index (χ0) is 13.0. The summed E-state index contributed by atoms with van der Waals surface area (Å²) in [5.74, 6) is 0.310. The molecule has 2 heterocycles. The number of rotatable bonds is 4. The lowest BCUT2D eigenvalue weighted by Crippen LogP contribution is -2.03. The molecular weight excluding hydrogens is 236 g/mol. The number of furan rings is 1. The van der Waals surface area contributed by atoms with Crippen LogP contribution in [0, 0.1) is 21.4 Å². The largest absolute Gasteiger partial charge is 0.472 e. The maximum Gasteiger partial charge on any atom is 0.289 e. The minimum absolute atomic E-state index is 0.132. The number of aromatic nitrogens is 1. The average molecular weight is 244 g/mol. The maximum absolute atomic E-state index is 10.5. The predicted octanol–water partition coefficient (Wildman–Crippen LogP) is 2.07. The minimum atomic E-state index is -0.590. The zero-order valence-electron chi connectivity index (χ0n) is 9.16. The van der Waals surface area contributed by atoms with Gasteiger partial charge in [0.25, 0.3) is 5.69 Å². The number of hydrogen-bond donors (Lipinski definition) is 1. The number of anilines is 1. The fourth-order valence-corrected chi connectivity index (χ4v) is 1.36. The summed E-state index contributed by atoms with van der Waals surface area (Å²) < 4.78 is 4.90. The van der Waals surface area contributed by atoms with Gasteiger partial charge < -0.3 is 9.73 Å². The highest BCUT2D eigenvalue weighted by Crippen LogP contribution is 2.18. The van der Waals surface area contributed by atoms with E-state index < -0.39 is 4.92 Å². The smallest absolute Gasteiger partial charge is 0.289 e. The van der Waals surface area contributed by atoms with E-state index in [1.54, 1.807) is 12.3 Å². The number of pyridine rings is 1. The van der Waals surface area contributed by atoms with Gasteiger partial charge in [0.05, 0.1) is 17.4 Å². The van der Waals surface area contributed by atoms with Crippen LogP contribution < -0.4 is 5.32 Å². The first-order valence-corrected chi connectivity index (χ1v) is 5.00. The van der Waals surface area contributed by atoms with Crippen LogP contribution >= 0.6 is 0 Å². The quantitative estimate of drug-likeness (QED) is 0.651. The molecule has 0 radical (unpaired) electrons. The second-order valence-electron chi connectivity index (χ2n) is 3.44. The van der Waals surface area contributed by atoms with E-state index in [0.29, 0.717) is 12.4 Å². The van der Waals surface area contributed by atoms with Crippen molar-refractivity contribution < 1.29 is 9.34 Å². The molecule has 0 aliphatic rings. The van der Waals surface area contributed by atoms with Crippen LogP contribution in [0.2, 0.25) is 0 Å². The summed E-state index contributed by atoms with van der Waals surface area (Å²) in [5, 5.41) is 22.4. The van der Waals surface area contributed by atoms with Gasteiger partial charge in [0.15, 0.2) is 0 Å². The average Bonchev–Trinajstić information content (AvgIpc) is 2.89. The highest BCUT2D eigenvalue weighted by atomic mass is 16.6. The normalized spacial score (nSPS) is 9.72. The van der Waals surface area contributed by atoms with E-state index >= 15 is 0 Å². The molecule has 0 atom stereocenters. The van der Waals surface area contributed by atoms with Crippen LogP contribution in [0.15, 0.2) is 35.3 Å². The van der Waals surface area contributed by atoms with Crippen molar-refractivity contribution in [2.75, 3.05) is 5.32 Å². The second-order valence-corrected chi connectivity index (χ2v) is 3.44. The van der Waals surface area contributed by atoms with Gasteiger partial charge in [-0.25, -0.2) is 4.98 Å². The van der Waals surface area contributed by atoms with Gasteiger partial charge in [0, 0.05) is 18.2 Å². The first-order chi connectivity index (χ1) is 8.70. The van der Waals surface area contributed by atoms with E-state index in [1.807, 2.05) is 6.07 Å². The highest BCUT2D eigenvalue weighted by molar-refractivity contribution is 5.55. The summed E-state index contributed by atoms with van der Waals surface area (Å²) in [6.45, 7) is 0.427. The Morgan fingerprint density at radius 1 is 1.61 bits per heavy atom. The van der Waals surface area contributed by atoms with E-state index in [9.17, 15) is 10.1 Å². The van der Waals surface area contributed by atoms with E-state index in [-0.39, 0.29) is 11.3 Å². The molecule has 0 bridgehead atoms. The van der Waals surface area contributed by atoms with Crippen molar-refractivity contribution in [3.8, 4) is 6.07 Å². The van der Waals surface area contributed by atoms with E-state index in [4.69, 9.17) is 9.68 Å². The Hall–Kier alpha value is -2.88. The third-order valence-electron chi connectivity index (χ3n) is 2.24. The lowest BCUT2D eigenvalue weighted by atomic mass is 10.2. The Morgan fingerprint density at radius 3 is 3.06 bits per heavy atom. The molecule has 0 amide bonds. The molecule has 0 fully saturated rings. The standard InChI is InChI=1S/C11H8N4O3/c12-4-9-3-10(15(16)17)6-14-11(9)13-5-8-1-2-18-7-8/h1-3,6-7H,5H2,(H,13,14). The molecule has 0 aliphatic heterocycles. The monoisotopic (exact) mass is 244 g/mol. The SMILES string of the molecule is N#Cc1cc([N+](=O)[O-])cnc1NCc1ccoc1. The predicted molar refractivity (Wildman–Crippen MR) is 61.6 cm³/mol. The number of nitrogens with zero attached hydrogens (tertiary/aromatic N) is 3. The highest BCUT2D eigenvalue weighted by Gasteiger charge is 2.11. The summed E-state index contributed by atoms with van der Waals surface area (Å²) in [5.41, 5.74) is 0.812. The van der Waals surface area contributed by atoms with Gasteiger partial charge >= 0.3 is 0 Å². The third-order valence-corrected chi connectivity index (χ3v) is 2.24. The van der Waals surface area contributed by atoms with Gasteiger partial charge in [-0.2, -0.15) is 5.26 Å². The van der Waals surface area contributed by atoms with Crippen LogP contribution in [0.5, 0.6) is 0 Å². The van der Waals surface area contributed by atoms with E-state index in [2.05, 4.69) is 10.3 Å². The van der Waals surface area contributed by atoms with Gasteiger partial charge in [-0.1, -0.05) is 0 Å². The summed E-state index contributed by atoms with van der Waals surface area (Å²) in [7, 11) is 0. The number of hydrogen-bond acceptors (Lipinski definition) is 6. The molecule has 90 valence electrons. The molecule has 18 heavy (non-hydrogen) atoms. The number of nitro groups is 1. The molecule has 0 saturated carbocycles. The van der Waals surface area contributed by atoms with Crippen LogP contribution in [-0.2, 0) is 6.54 Å². The van der Waals surface area contributed by atoms with Gasteiger partial charge in [-0.05, 0) is 6.07 Å².